The molecule has 0 radical (unpaired) electrons. The van der Waals surface area contributed by atoms with E-state index in [1.807, 2.05) is 43.3 Å². The van der Waals surface area contributed by atoms with Gasteiger partial charge < -0.3 is 19.5 Å². The second-order valence-corrected chi connectivity index (χ2v) is 6.34. The minimum atomic E-state index is -0.452. The van der Waals surface area contributed by atoms with Crippen LogP contribution in [0.25, 0.3) is 6.08 Å². The fourth-order valence-corrected chi connectivity index (χ4v) is 2.90. The predicted molar refractivity (Wildman–Crippen MR) is 116 cm³/mol. The smallest absolute Gasteiger partial charge is 0.262 e. The summed E-state index contributed by atoms with van der Waals surface area (Å²) in [6.45, 7) is 6.41. The van der Waals surface area contributed by atoms with Gasteiger partial charge in [-0.3, -0.25) is 4.79 Å². The van der Waals surface area contributed by atoms with Crippen molar-refractivity contribution in [1.29, 1.82) is 5.26 Å². The average Bonchev–Trinajstić information content (AvgIpc) is 2.76. The zero-order valence-corrected chi connectivity index (χ0v) is 17.5. The third-order valence-electron chi connectivity index (χ3n) is 4.31. The number of nitrogens with zero attached hydrogens (tertiary/aromatic N) is 1. The maximum atomic E-state index is 12.5. The van der Waals surface area contributed by atoms with E-state index in [4.69, 9.17) is 14.2 Å². The molecule has 0 unspecified atom stereocenters. The number of methoxy groups -OCH3 is 2. The summed E-state index contributed by atoms with van der Waals surface area (Å²) in [4.78, 5) is 12.5. The van der Waals surface area contributed by atoms with Crippen molar-refractivity contribution in [3.63, 3.8) is 0 Å². The maximum absolute atomic E-state index is 12.5. The first kappa shape index (κ1) is 22.6. The molecule has 6 nitrogen and oxygen atoms in total. The summed E-state index contributed by atoms with van der Waals surface area (Å²) in [5.41, 5.74) is 2.44. The molecule has 1 amide bonds. The lowest BCUT2D eigenvalue weighted by Crippen LogP contribution is -2.23. The van der Waals surface area contributed by atoms with E-state index < -0.39 is 5.91 Å². The van der Waals surface area contributed by atoms with Crippen LogP contribution < -0.4 is 19.5 Å². The van der Waals surface area contributed by atoms with Crippen molar-refractivity contribution in [2.24, 2.45) is 0 Å². The van der Waals surface area contributed by atoms with Gasteiger partial charge >= 0.3 is 0 Å². The zero-order valence-electron chi connectivity index (χ0n) is 17.5. The molecule has 0 spiro atoms. The van der Waals surface area contributed by atoms with Crippen molar-refractivity contribution >= 4 is 12.0 Å². The first-order valence-corrected chi connectivity index (χ1v) is 9.53. The van der Waals surface area contributed by atoms with Crippen LogP contribution in [0.3, 0.4) is 0 Å². The number of rotatable bonds is 10. The molecule has 2 rings (SSSR count). The summed E-state index contributed by atoms with van der Waals surface area (Å²) in [6, 6.07) is 12.9. The van der Waals surface area contributed by atoms with Crippen LogP contribution in [-0.2, 0) is 17.8 Å². The third kappa shape index (κ3) is 5.89. The highest BCUT2D eigenvalue weighted by atomic mass is 16.5. The van der Waals surface area contributed by atoms with E-state index in [9.17, 15) is 10.1 Å². The molecule has 0 saturated carbocycles. The Balaban J connectivity index is 2.25. The molecule has 0 aromatic heterocycles. The van der Waals surface area contributed by atoms with Crippen LogP contribution >= 0.6 is 0 Å². The molecule has 0 bridgehead atoms. The monoisotopic (exact) mass is 406 g/mol. The molecule has 156 valence electrons. The molecule has 2 aromatic carbocycles. The van der Waals surface area contributed by atoms with Gasteiger partial charge in [-0.05, 0) is 54.8 Å². The van der Waals surface area contributed by atoms with Crippen molar-refractivity contribution in [1.82, 2.24) is 5.32 Å². The van der Waals surface area contributed by atoms with Gasteiger partial charge in [-0.25, -0.2) is 0 Å². The molecule has 0 aliphatic carbocycles. The number of hydrogen-bond acceptors (Lipinski definition) is 5. The summed E-state index contributed by atoms with van der Waals surface area (Å²) in [6.07, 6.45) is 3.86. The van der Waals surface area contributed by atoms with Crippen molar-refractivity contribution in [2.75, 3.05) is 20.8 Å². The molecule has 2 aromatic rings. The Labute approximate surface area is 177 Å². The summed E-state index contributed by atoms with van der Waals surface area (Å²) < 4.78 is 16.3. The lowest BCUT2D eigenvalue weighted by molar-refractivity contribution is -0.117. The van der Waals surface area contributed by atoms with Crippen LogP contribution in [0.15, 0.2) is 54.6 Å². The molecule has 6 heteroatoms. The first-order valence-electron chi connectivity index (χ1n) is 9.53. The van der Waals surface area contributed by atoms with Gasteiger partial charge in [0.2, 0.25) is 0 Å². The normalized spacial score (nSPS) is 10.7. The minimum absolute atomic E-state index is 0.000630. The molecule has 0 heterocycles. The van der Waals surface area contributed by atoms with Crippen LogP contribution in [0.1, 0.15) is 23.6 Å². The fraction of sp³-hybridized carbons (Fsp3) is 0.250. The lowest BCUT2D eigenvalue weighted by atomic mass is 10.0. The predicted octanol–water partition coefficient (Wildman–Crippen LogP) is 4.05. The number of ether oxygens (including phenoxy) is 3. The Hall–Kier alpha value is -3.72. The Morgan fingerprint density at radius 1 is 1.20 bits per heavy atom. The molecule has 0 saturated heterocycles. The van der Waals surface area contributed by atoms with Crippen LogP contribution in [-0.4, -0.2) is 26.7 Å². The minimum Gasteiger partial charge on any atom is -0.497 e. The van der Waals surface area contributed by atoms with Gasteiger partial charge in [0.05, 0.1) is 20.8 Å². The van der Waals surface area contributed by atoms with E-state index in [1.54, 1.807) is 26.4 Å². The number of benzene rings is 2. The van der Waals surface area contributed by atoms with E-state index in [0.29, 0.717) is 36.6 Å². The van der Waals surface area contributed by atoms with Gasteiger partial charge in [0, 0.05) is 12.1 Å². The molecule has 0 fully saturated rings. The number of allylic oxidation sites excluding steroid dienone is 1. The summed E-state index contributed by atoms with van der Waals surface area (Å²) >= 11 is 0. The number of nitriles is 1. The molecule has 1 N–H and O–H groups in total. The molecule has 0 aliphatic rings. The Bertz CT molecular complexity index is 956. The zero-order chi connectivity index (χ0) is 21.9. The van der Waals surface area contributed by atoms with Crippen LogP contribution in [0.4, 0.5) is 0 Å². The van der Waals surface area contributed by atoms with Crippen LogP contribution in [0.5, 0.6) is 17.2 Å². The van der Waals surface area contributed by atoms with E-state index in [-0.39, 0.29) is 5.57 Å². The van der Waals surface area contributed by atoms with Crippen LogP contribution in [0, 0.1) is 11.3 Å². The topological polar surface area (TPSA) is 80.6 Å². The van der Waals surface area contributed by atoms with Crippen molar-refractivity contribution in [2.45, 2.75) is 19.9 Å². The highest BCUT2D eigenvalue weighted by Gasteiger charge is 2.14. The third-order valence-corrected chi connectivity index (χ3v) is 4.31. The van der Waals surface area contributed by atoms with E-state index >= 15 is 0 Å². The number of amides is 1. The number of hydrogen-bond donors (Lipinski definition) is 1. The van der Waals surface area contributed by atoms with E-state index in [2.05, 4.69) is 11.9 Å². The summed E-state index contributed by atoms with van der Waals surface area (Å²) in [5.74, 6) is 1.47. The molecule has 0 aliphatic heterocycles. The second-order valence-electron chi connectivity index (χ2n) is 6.34. The van der Waals surface area contributed by atoms with Gasteiger partial charge in [-0.1, -0.05) is 18.2 Å². The van der Waals surface area contributed by atoms with Crippen molar-refractivity contribution in [3.8, 4) is 23.3 Å². The Kier molecular flexibility index (Phi) is 8.52. The van der Waals surface area contributed by atoms with Gasteiger partial charge in [0.1, 0.15) is 17.4 Å². The quantitative estimate of drug-likeness (QED) is 0.366. The number of carbonyl (C=O) groups is 1. The Morgan fingerprint density at radius 2 is 1.93 bits per heavy atom. The Morgan fingerprint density at radius 3 is 2.50 bits per heavy atom. The molecular formula is C24H26N2O4. The largest absolute Gasteiger partial charge is 0.497 e. The lowest BCUT2D eigenvalue weighted by Gasteiger charge is -2.14. The summed E-state index contributed by atoms with van der Waals surface area (Å²) in [5, 5.41) is 12.3. The van der Waals surface area contributed by atoms with Crippen molar-refractivity contribution < 1.29 is 19.0 Å². The number of nitrogens with one attached hydrogen (secondary N) is 1. The van der Waals surface area contributed by atoms with Gasteiger partial charge in [0.15, 0.2) is 11.5 Å². The molecule has 0 atom stereocenters. The first-order chi connectivity index (χ1) is 14.6. The van der Waals surface area contributed by atoms with E-state index in [1.165, 1.54) is 6.08 Å². The van der Waals surface area contributed by atoms with E-state index in [0.717, 1.165) is 16.9 Å². The maximum Gasteiger partial charge on any atom is 0.262 e. The SMILES string of the molecule is C=CCc1cc(/C=C(/C#N)C(=O)NCc2ccc(OC)cc2)cc(OCC)c1OC. The van der Waals surface area contributed by atoms with Crippen LogP contribution in [0.2, 0.25) is 0 Å². The standard InChI is InChI=1S/C24H26N2O4/c1-5-7-19-12-18(14-22(30-6-2)23(19)29-4)13-20(15-25)24(27)26-16-17-8-10-21(28-3)11-9-17/h5,8-14H,1,6-7,16H2,2-4H3,(H,26,27)/b20-13-. The average molecular weight is 406 g/mol. The fourth-order valence-electron chi connectivity index (χ4n) is 2.90. The van der Waals surface area contributed by atoms with Crippen molar-refractivity contribution in [3.05, 3.63) is 71.3 Å². The molecular weight excluding hydrogens is 380 g/mol. The van der Waals surface area contributed by atoms with Gasteiger partial charge in [0.25, 0.3) is 5.91 Å². The highest BCUT2D eigenvalue weighted by Crippen LogP contribution is 2.34. The van der Waals surface area contributed by atoms with Gasteiger partial charge in [-0.15, -0.1) is 6.58 Å². The summed E-state index contributed by atoms with van der Waals surface area (Å²) in [7, 11) is 3.17. The highest BCUT2D eigenvalue weighted by molar-refractivity contribution is 6.01. The number of carbonyl (C=O) groups excluding carboxylic acids is 1. The van der Waals surface area contributed by atoms with Gasteiger partial charge in [-0.2, -0.15) is 5.26 Å². The second kappa shape index (κ2) is 11.3. The molecule has 30 heavy (non-hydrogen) atoms.